The number of hydrogen-bond acceptors (Lipinski definition) is 4. The summed E-state index contributed by atoms with van der Waals surface area (Å²) in [6.45, 7) is 2.40. The fourth-order valence-corrected chi connectivity index (χ4v) is 4.12. The summed E-state index contributed by atoms with van der Waals surface area (Å²) in [4.78, 5) is 38.0. The smallest absolute Gasteiger partial charge is 0.307 e. The Kier molecular flexibility index (Phi) is 4.28. The van der Waals surface area contributed by atoms with E-state index in [0.29, 0.717) is 38.0 Å². The number of carboxylic acid groups (broad SMARTS) is 1. The van der Waals surface area contributed by atoms with Gasteiger partial charge in [0.05, 0.1) is 5.92 Å². The summed E-state index contributed by atoms with van der Waals surface area (Å²) >= 11 is 0. The van der Waals surface area contributed by atoms with Crippen molar-refractivity contribution in [1.29, 1.82) is 0 Å². The van der Waals surface area contributed by atoms with E-state index in [9.17, 15) is 23.9 Å². The molecule has 8 heteroatoms. The third-order valence-electron chi connectivity index (χ3n) is 5.92. The number of rotatable bonds is 3. The lowest BCUT2D eigenvalue weighted by molar-refractivity contribution is -0.139. The summed E-state index contributed by atoms with van der Waals surface area (Å²) in [6.07, 6.45) is 1.85. The molecule has 2 fully saturated rings. The first-order valence-electron chi connectivity index (χ1n) is 9.20. The molecule has 1 unspecified atom stereocenters. The number of aryl methyl sites for hydroxylation is 1. The van der Waals surface area contributed by atoms with Gasteiger partial charge in [-0.1, -0.05) is 12.1 Å². The number of para-hydroxylation sites is 1. The lowest BCUT2D eigenvalue weighted by atomic mass is 9.90. The summed E-state index contributed by atoms with van der Waals surface area (Å²) in [5.74, 6) is -2.13. The van der Waals surface area contributed by atoms with Crippen LogP contribution >= 0.6 is 0 Å². The van der Waals surface area contributed by atoms with E-state index in [0.717, 1.165) is 0 Å². The van der Waals surface area contributed by atoms with Crippen LogP contribution in [0.5, 0.6) is 0 Å². The maximum Gasteiger partial charge on any atom is 0.307 e. The van der Waals surface area contributed by atoms with Gasteiger partial charge in [0.2, 0.25) is 5.43 Å². The number of aliphatic carboxylic acids is 1. The highest BCUT2D eigenvalue weighted by atomic mass is 19.1. The van der Waals surface area contributed by atoms with Crippen LogP contribution in [0.1, 0.15) is 35.4 Å². The number of piperidine rings is 1. The van der Waals surface area contributed by atoms with Crippen LogP contribution in [0.15, 0.2) is 35.1 Å². The Morgan fingerprint density at radius 1 is 1.25 bits per heavy atom. The molecule has 2 heterocycles. The standard InChI is InChI=1S/C20H20FN3O4/c1-12-10-16(25)17(22-24(12)15-5-3-2-4-14(15)21)18(26)23-8-6-20(7-9-23)11-13(20)19(27)28/h2-5,10,13H,6-9,11H2,1H3,(H,27,28). The number of carbonyl (C=O) groups is 2. The van der Waals surface area contributed by atoms with E-state index in [-0.39, 0.29) is 22.7 Å². The number of carboxylic acids is 1. The Hall–Kier alpha value is -3.03. The molecule has 1 atom stereocenters. The van der Waals surface area contributed by atoms with E-state index in [4.69, 9.17) is 0 Å². The first-order valence-corrected chi connectivity index (χ1v) is 9.20. The van der Waals surface area contributed by atoms with Crippen molar-refractivity contribution in [3.05, 3.63) is 57.8 Å². The third-order valence-corrected chi connectivity index (χ3v) is 5.92. The summed E-state index contributed by atoms with van der Waals surface area (Å²) in [7, 11) is 0. The Bertz CT molecular complexity index is 1020. The second kappa shape index (κ2) is 6.54. The topological polar surface area (TPSA) is 92.5 Å². The average Bonchev–Trinajstić information content (AvgIpc) is 3.37. The summed E-state index contributed by atoms with van der Waals surface area (Å²) in [5, 5.41) is 13.3. The van der Waals surface area contributed by atoms with Crippen LogP contribution in [-0.2, 0) is 4.79 Å². The second-order valence-corrected chi connectivity index (χ2v) is 7.61. The molecule has 1 N–H and O–H groups in total. The number of benzene rings is 1. The molecule has 1 aliphatic carbocycles. The quantitative estimate of drug-likeness (QED) is 0.873. The normalized spacial score (nSPS) is 20.2. The maximum atomic E-state index is 14.2. The lowest BCUT2D eigenvalue weighted by Gasteiger charge is -2.32. The van der Waals surface area contributed by atoms with Crippen molar-refractivity contribution in [3.63, 3.8) is 0 Å². The van der Waals surface area contributed by atoms with E-state index < -0.39 is 23.1 Å². The largest absolute Gasteiger partial charge is 0.481 e. The van der Waals surface area contributed by atoms with Gasteiger partial charge in [-0.2, -0.15) is 5.10 Å². The molecular weight excluding hydrogens is 365 g/mol. The fraction of sp³-hybridized carbons (Fsp3) is 0.400. The number of amides is 1. The maximum absolute atomic E-state index is 14.2. The van der Waals surface area contributed by atoms with Gasteiger partial charge in [0.1, 0.15) is 11.5 Å². The van der Waals surface area contributed by atoms with Gasteiger partial charge in [-0.15, -0.1) is 0 Å². The predicted octanol–water partition coefficient (Wildman–Crippen LogP) is 2.01. The average molecular weight is 385 g/mol. The molecule has 1 saturated heterocycles. The van der Waals surface area contributed by atoms with E-state index in [2.05, 4.69) is 5.10 Å². The molecule has 2 aliphatic rings. The number of nitrogens with zero attached hydrogens (tertiary/aromatic N) is 3. The van der Waals surface area contributed by atoms with Crippen molar-refractivity contribution < 1.29 is 19.1 Å². The van der Waals surface area contributed by atoms with Crippen LogP contribution in [0.4, 0.5) is 4.39 Å². The van der Waals surface area contributed by atoms with Crippen LogP contribution in [0.25, 0.3) is 5.69 Å². The Morgan fingerprint density at radius 3 is 2.54 bits per heavy atom. The fourth-order valence-electron chi connectivity index (χ4n) is 4.12. The van der Waals surface area contributed by atoms with Crippen LogP contribution in [0.2, 0.25) is 0 Å². The molecule has 1 saturated carbocycles. The zero-order chi connectivity index (χ0) is 20.1. The highest BCUT2D eigenvalue weighted by molar-refractivity contribution is 5.92. The van der Waals surface area contributed by atoms with Crippen LogP contribution in [0, 0.1) is 24.1 Å². The van der Waals surface area contributed by atoms with Gasteiger partial charge in [-0.25, -0.2) is 9.07 Å². The van der Waals surface area contributed by atoms with Gasteiger partial charge in [0.15, 0.2) is 5.69 Å². The number of halogens is 1. The zero-order valence-electron chi connectivity index (χ0n) is 15.4. The number of carbonyl (C=O) groups excluding carboxylic acids is 1. The van der Waals surface area contributed by atoms with E-state index in [1.54, 1.807) is 19.1 Å². The third kappa shape index (κ3) is 2.98. The Morgan fingerprint density at radius 2 is 1.93 bits per heavy atom. The molecule has 146 valence electrons. The molecule has 1 aromatic carbocycles. The monoisotopic (exact) mass is 385 g/mol. The van der Waals surface area contributed by atoms with Gasteiger partial charge >= 0.3 is 5.97 Å². The molecule has 2 aromatic rings. The number of likely N-dealkylation sites (tertiary alicyclic amines) is 1. The van der Waals surface area contributed by atoms with Crippen molar-refractivity contribution in [1.82, 2.24) is 14.7 Å². The summed E-state index contributed by atoms with van der Waals surface area (Å²) in [6, 6.07) is 7.29. The van der Waals surface area contributed by atoms with Crippen molar-refractivity contribution in [2.75, 3.05) is 13.1 Å². The minimum Gasteiger partial charge on any atom is -0.481 e. The van der Waals surface area contributed by atoms with Gasteiger partial charge < -0.3 is 10.0 Å². The van der Waals surface area contributed by atoms with E-state index in [1.807, 2.05) is 0 Å². The van der Waals surface area contributed by atoms with Gasteiger partial charge in [-0.3, -0.25) is 14.4 Å². The minimum absolute atomic E-state index is 0.161. The molecule has 0 bridgehead atoms. The summed E-state index contributed by atoms with van der Waals surface area (Å²) < 4.78 is 15.4. The molecule has 4 rings (SSSR count). The molecule has 0 radical (unpaired) electrons. The van der Waals surface area contributed by atoms with Crippen molar-refractivity contribution in [2.24, 2.45) is 11.3 Å². The zero-order valence-corrected chi connectivity index (χ0v) is 15.4. The van der Waals surface area contributed by atoms with Crippen molar-refractivity contribution >= 4 is 11.9 Å². The van der Waals surface area contributed by atoms with Crippen LogP contribution in [0.3, 0.4) is 0 Å². The Balaban J connectivity index is 1.59. The van der Waals surface area contributed by atoms with Gasteiger partial charge in [0, 0.05) is 24.8 Å². The van der Waals surface area contributed by atoms with Gasteiger partial charge in [0.25, 0.3) is 5.91 Å². The van der Waals surface area contributed by atoms with E-state index in [1.165, 1.54) is 27.8 Å². The van der Waals surface area contributed by atoms with E-state index >= 15 is 0 Å². The first kappa shape index (κ1) is 18.3. The molecule has 7 nitrogen and oxygen atoms in total. The van der Waals surface area contributed by atoms with Crippen LogP contribution in [-0.4, -0.2) is 44.8 Å². The minimum atomic E-state index is -0.784. The summed E-state index contributed by atoms with van der Waals surface area (Å²) in [5.41, 5.74) is -0.391. The highest BCUT2D eigenvalue weighted by Crippen LogP contribution is 2.59. The molecular formula is C20H20FN3O4. The van der Waals surface area contributed by atoms with Crippen LogP contribution < -0.4 is 5.43 Å². The van der Waals surface area contributed by atoms with Gasteiger partial charge in [-0.05, 0) is 43.7 Å². The molecule has 1 aromatic heterocycles. The molecule has 1 aliphatic heterocycles. The number of aromatic nitrogens is 2. The first-order chi connectivity index (χ1) is 13.3. The predicted molar refractivity (Wildman–Crippen MR) is 97.8 cm³/mol. The molecule has 1 amide bonds. The van der Waals surface area contributed by atoms with Crippen molar-refractivity contribution in [2.45, 2.75) is 26.2 Å². The molecule has 1 spiro atoms. The SMILES string of the molecule is Cc1cc(=O)c(C(=O)N2CCC3(CC2)CC3C(=O)O)nn1-c1ccccc1F. The number of hydrogen-bond donors (Lipinski definition) is 1. The highest BCUT2D eigenvalue weighted by Gasteiger charge is 2.59. The lowest BCUT2D eigenvalue weighted by Crippen LogP contribution is -2.42. The Labute approximate surface area is 160 Å². The molecule has 28 heavy (non-hydrogen) atoms. The van der Waals surface area contributed by atoms with Crippen molar-refractivity contribution in [3.8, 4) is 5.69 Å². The second-order valence-electron chi connectivity index (χ2n) is 7.61.